The number of aryl methyl sites for hydroxylation is 2. The molecule has 0 unspecified atom stereocenters. The number of methoxy groups -OCH3 is 1. The molecule has 4 heteroatoms. The molecule has 0 aliphatic carbocycles. The summed E-state index contributed by atoms with van der Waals surface area (Å²) in [6.45, 7) is 6.68. The molecule has 0 bridgehead atoms. The standard InChI is InChI=1S/C19H24FNO2/c1-12-9-13(2)19(17(22)10-12)14(3)21-8-7-15-5-6-18(23-4)16(20)11-15/h5-6,9-11,14,21-22H,7-8H2,1-4H3/t14-/m1/s1. The van der Waals surface area contributed by atoms with Crippen molar-refractivity contribution in [1.29, 1.82) is 0 Å². The third kappa shape index (κ3) is 4.23. The van der Waals surface area contributed by atoms with E-state index in [1.54, 1.807) is 12.1 Å². The van der Waals surface area contributed by atoms with Crippen molar-refractivity contribution in [2.24, 2.45) is 0 Å². The van der Waals surface area contributed by atoms with E-state index < -0.39 is 0 Å². The van der Waals surface area contributed by atoms with Crippen molar-refractivity contribution in [2.75, 3.05) is 13.7 Å². The molecular weight excluding hydrogens is 293 g/mol. The quantitative estimate of drug-likeness (QED) is 0.844. The van der Waals surface area contributed by atoms with Gasteiger partial charge in [-0.25, -0.2) is 4.39 Å². The van der Waals surface area contributed by atoms with Gasteiger partial charge >= 0.3 is 0 Å². The molecule has 0 spiro atoms. The molecule has 0 aromatic heterocycles. The minimum Gasteiger partial charge on any atom is -0.508 e. The number of aromatic hydroxyl groups is 1. The zero-order valence-corrected chi connectivity index (χ0v) is 14.1. The summed E-state index contributed by atoms with van der Waals surface area (Å²) in [5.41, 5.74) is 3.94. The lowest BCUT2D eigenvalue weighted by molar-refractivity contribution is 0.386. The molecule has 1 atom stereocenters. The zero-order chi connectivity index (χ0) is 17.0. The summed E-state index contributed by atoms with van der Waals surface area (Å²) in [6, 6.07) is 8.87. The van der Waals surface area contributed by atoms with Crippen molar-refractivity contribution in [2.45, 2.75) is 33.2 Å². The Bertz CT molecular complexity index is 662. The summed E-state index contributed by atoms with van der Waals surface area (Å²) in [7, 11) is 1.46. The Morgan fingerprint density at radius 3 is 2.57 bits per heavy atom. The van der Waals surface area contributed by atoms with Crippen LogP contribution in [0, 0.1) is 19.7 Å². The first-order valence-corrected chi connectivity index (χ1v) is 7.78. The number of phenols is 1. The predicted octanol–water partition coefficient (Wildman–Crippen LogP) is 4.05. The summed E-state index contributed by atoms with van der Waals surface area (Å²) in [5.74, 6) is 0.235. The van der Waals surface area contributed by atoms with Crippen LogP contribution in [-0.2, 0) is 6.42 Å². The van der Waals surface area contributed by atoms with Crippen LogP contribution in [0.5, 0.6) is 11.5 Å². The van der Waals surface area contributed by atoms with E-state index in [2.05, 4.69) is 11.4 Å². The summed E-state index contributed by atoms with van der Waals surface area (Å²) in [5, 5.41) is 13.5. The van der Waals surface area contributed by atoms with Crippen molar-refractivity contribution in [3.63, 3.8) is 0 Å². The number of phenolic OH excluding ortho intramolecular Hbond substituents is 1. The highest BCUT2D eigenvalue weighted by Crippen LogP contribution is 2.28. The second-order valence-electron chi connectivity index (χ2n) is 5.91. The molecule has 2 aromatic rings. The maximum Gasteiger partial charge on any atom is 0.165 e. The number of nitrogens with one attached hydrogen (secondary N) is 1. The van der Waals surface area contributed by atoms with Crippen molar-refractivity contribution < 1.29 is 14.2 Å². The third-order valence-electron chi connectivity index (χ3n) is 4.02. The number of hydrogen-bond donors (Lipinski definition) is 2. The van der Waals surface area contributed by atoms with Gasteiger partial charge < -0.3 is 15.2 Å². The molecule has 2 rings (SSSR count). The van der Waals surface area contributed by atoms with Crippen molar-refractivity contribution in [1.82, 2.24) is 5.32 Å². The first-order chi connectivity index (χ1) is 10.9. The molecule has 0 saturated carbocycles. The Balaban J connectivity index is 1.97. The number of halogens is 1. The molecule has 23 heavy (non-hydrogen) atoms. The topological polar surface area (TPSA) is 41.5 Å². The van der Waals surface area contributed by atoms with E-state index in [0.29, 0.717) is 18.7 Å². The number of rotatable bonds is 6. The van der Waals surface area contributed by atoms with Gasteiger partial charge in [-0.2, -0.15) is 0 Å². The minimum absolute atomic E-state index is 0.0266. The Hall–Kier alpha value is -2.07. The lowest BCUT2D eigenvalue weighted by atomic mass is 9.98. The lowest BCUT2D eigenvalue weighted by Crippen LogP contribution is -2.22. The molecule has 0 fully saturated rings. The van der Waals surface area contributed by atoms with E-state index in [4.69, 9.17) is 4.74 Å². The predicted molar refractivity (Wildman–Crippen MR) is 90.7 cm³/mol. The monoisotopic (exact) mass is 317 g/mol. The molecule has 0 aliphatic heterocycles. The van der Waals surface area contributed by atoms with E-state index >= 15 is 0 Å². The maximum atomic E-state index is 13.7. The Morgan fingerprint density at radius 2 is 1.96 bits per heavy atom. The Morgan fingerprint density at radius 1 is 1.22 bits per heavy atom. The molecule has 0 saturated heterocycles. The molecule has 3 nitrogen and oxygen atoms in total. The average Bonchev–Trinajstić information content (AvgIpc) is 2.46. The molecular formula is C19H24FNO2. The fourth-order valence-corrected chi connectivity index (χ4v) is 2.92. The van der Waals surface area contributed by atoms with Gasteiger partial charge in [-0.3, -0.25) is 0 Å². The summed E-state index contributed by atoms with van der Waals surface area (Å²) >= 11 is 0. The SMILES string of the molecule is COc1ccc(CCN[C@H](C)c2c(C)cc(C)cc2O)cc1F. The highest BCUT2D eigenvalue weighted by Gasteiger charge is 2.13. The highest BCUT2D eigenvalue weighted by molar-refractivity contribution is 5.43. The Kier molecular flexibility index (Phi) is 5.61. The molecule has 124 valence electrons. The van der Waals surface area contributed by atoms with Crippen LogP contribution < -0.4 is 10.1 Å². The second-order valence-corrected chi connectivity index (χ2v) is 5.91. The fourth-order valence-electron chi connectivity index (χ4n) is 2.92. The van der Waals surface area contributed by atoms with Crippen molar-refractivity contribution in [3.8, 4) is 11.5 Å². The Labute approximate surface area is 137 Å². The van der Waals surface area contributed by atoms with Gasteiger partial charge in [-0.1, -0.05) is 12.1 Å². The van der Waals surface area contributed by atoms with E-state index in [-0.39, 0.29) is 17.6 Å². The first-order valence-electron chi connectivity index (χ1n) is 7.78. The van der Waals surface area contributed by atoms with Gasteiger partial charge in [0.2, 0.25) is 0 Å². The van der Waals surface area contributed by atoms with Crippen molar-refractivity contribution in [3.05, 3.63) is 58.4 Å². The van der Waals surface area contributed by atoms with Gasteiger partial charge in [0.15, 0.2) is 11.6 Å². The van der Waals surface area contributed by atoms with Gasteiger partial charge in [0, 0.05) is 11.6 Å². The lowest BCUT2D eigenvalue weighted by Gasteiger charge is -2.19. The van der Waals surface area contributed by atoms with Gasteiger partial charge in [-0.15, -0.1) is 0 Å². The van der Waals surface area contributed by atoms with Gasteiger partial charge in [0.25, 0.3) is 0 Å². The van der Waals surface area contributed by atoms with Crippen molar-refractivity contribution >= 4 is 0 Å². The van der Waals surface area contributed by atoms with Crippen LogP contribution >= 0.6 is 0 Å². The summed E-state index contributed by atoms with van der Waals surface area (Å²) in [6.07, 6.45) is 0.705. The number of ether oxygens (including phenoxy) is 1. The van der Waals surface area contributed by atoms with Crippen LogP contribution in [0.1, 0.15) is 35.2 Å². The van der Waals surface area contributed by atoms with Crippen LogP contribution in [0.15, 0.2) is 30.3 Å². The van der Waals surface area contributed by atoms with Crippen LogP contribution in [0.4, 0.5) is 4.39 Å². The number of benzene rings is 2. The highest BCUT2D eigenvalue weighted by atomic mass is 19.1. The van der Waals surface area contributed by atoms with E-state index in [1.165, 1.54) is 13.2 Å². The van der Waals surface area contributed by atoms with E-state index in [1.807, 2.05) is 26.8 Å². The minimum atomic E-state index is -0.343. The normalized spacial score (nSPS) is 12.2. The van der Waals surface area contributed by atoms with Gasteiger partial charge in [0.1, 0.15) is 5.75 Å². The molecule has 0 aliphatic rings. The first kappa shape index (κ1) is 17.3. The van der Waals surface area contributed by atoms with Crippen LogP contribution in [0.3, 0.4) is 0 Å². The smallest absolute Gasteiger partial charge is 0.165 e. The zero-order valence-electron chi connectivity index (χ0n) is 14.1. The van der Waals surface area contributed by atoms with Crippen LogP contribution in [0.25, 0.3) is 0 Å². The average molecular weight is 317 g/mol. The molecule has 0 heterocycles. The fraction of sp³-hybridized carbons (Fsp3) is 0.368. The third-order valence-corrected chi connectivity index (χ3v) is 4.02. The number of hydrogen-bond acceptors (Lipinski definition) is 3. The summed E-state index contributed by atoms with van der Waals surface area (Å²) in [4.78, 5) is 0. The second kappa shape index (κ2) is 7.47. The molecule has 2 N–H and O–H groups in total. The molecule has 2 aromatic carbocycles. The maximum absolute atomic E-state index is 13.7. The van der Waals surface area contributed by atoms with Gasteiger partial charge in [0.05, 0.1) is 7.11 Å². The van der Waals surface area contributed by atoms with Crippen LogP contribution in [0.2, 0.25) is 0 Å². The molecule has 0 radical (unpaired) electrons. The molecule has 0 amide bonds. The summed E-state index contributed by atoms with van der Waals surface area (Å²) < 4.78 is 18.6. The van der Waals surface area contributed by atoms with E-state index in [0.717, 1.165) is 22.3 Å². The largest absolute Gasteiger partial charge is 0.508 e. The van der Waals surface area contributed by atoms with E-state index in [9.17, 15) is 9.50 Å². The van der Waals surface area contributed by atoms with Gasteiger partial charge in [-0.05, 0) is 68.6 Å². The van der Waals surface area contributed by atoms with Crippen LogP contribution in [-0.4, -0.2) is 18.8 Å².